The van der Waals surface area contributed by atoms with Crippen LogP contribution in [0.3, 0.4) is 0 Å². The van der Waals surface area contributed by atoms with E-state index >= 15 is 0 Å². The van der Waals surface area contributed by atoms with Crippen LogP contribution in [0.4, 0.5) is 0 Å². The van der Waals surface area contributed by atoms with Gasteiger partial charge in [-0.15, -0.1) is 0 Å². The second kappa shape index (κ2) is 10.00. The first-order valence-corrected chi connectivity index (χ1v) is 8.94. The molecule has 4 unspecified atom stereocenters. The number of nitrogens with two attached hydrogens (primary N) is 1. The van der Waals surface area contributed by atoms with E-state index in [1.807, 2.05) is 0 Å². The topological polar surface area (TPSA) is 26.0 Å². The standard InChI is InChI=1S/C20H35N/c1-5-8-12-17(7-3)15-19(21)20(16(4)6-2)18-13-10-9-11-14-18/h9-11,13-14,16-17,19-20H,5-8,12,15,21H2,1-4H3. The van der Waals surface area contributed by atoms with Gasteiger partial charge in [0.15, 0.2) is 0 Å². The second-order valence-electron chi connectivity index (χ2n) is 6.64. The molecule has 0 saturated carbocycles. The normalized spacial score (nSPS) is 17.2. The first kappa shape index (κ1) is 18.2. The first-order valence-electron chi connectivity index (χ1n) is 8.94. The highest BCUT2D eigenvalue weighted by atomic mass is 14.7. The molecule has 1 rings (SSSR count). The van der Waals surface area contributed by atoms with Crippen molar-refractivity contribution in [2.45, 2.75) is 78.2 Å². The molecular formula is C20H35N. The van der Waals surface area contributed by atoms with Crippen LogP contribution in [-0.4, -0.2) is 6.04 Å². The van der Waals surface area contributed by atoms with E-state index in [1.165, 1.54) is 44.1 Å². The number of rotatable bonds is 10. The molecule has 4 atom stereocenters. The van der Waals surface area contributed by atoms with Gasteiger partial charge in [-0.1, -0.05) is 90.1 Å². The minimum atomic E-state index is 0.282. The molecule has 21 heavy (non-hydrogen) atoms. The average Bonchev–Trinajstić information content (AvgIpc) is 2.52. The SMILES string of the molecule is CCCCC(CC)CC(N)C(c1ccccc1)C(C)CC. The highest BCUT2D eigenvalue weighted by molar-refractivity contribution is 5.22. The quantitative estimate of drug-likeness (QED) is 0.583. The van der Waals surface area contributed by atoms with Crippen LogP contribution >= 0.6 is 0 Å². The van der Waals surface area contributed by atoms with Crippen molar-refractivity contribution in [3.05, 3.63) is 35.9 Å². The molecule has 0 aromatic heterocycles. The van der Waals surface area contributed by atoms with Gasteiger partial charge in [0.1, 0.15) is 0 Å². The predicted molar refractivity (Wildman–Crippen MR) is 94.5 cm³/mol. The van der Waals surface area contributed by atoms with Gasteiger partial charge in [0.05, 0.1) is 0 Å². The fraction of sp³-hybridized carbons (Fsp3) is 0.700. The number of hydrogen-bond donors (Lipinski definition) is 1. The van der Waals surface area contributed by atoms with Gasteiger partial charge in [-0.2, -0.15) is 0 Å². The molecule has 0 spiro atoms. The van der Waals surface area contributed by atoms with Crippen LogP contribution in [0.2, 0.25) is 0 Å². The third-order valence-electron chi connectivity index (χ3n) is 5.05. The third kappa shape index (κ3) is 5.82. The number of unbranched alkanes of at least 4 members (excludes halogenated alkanes) is 1. The Balaban J connectivity index is 2.78. The summed E-state index contributed by atoms with van der Waals surface area (Å²) in [5, 5.41) is 0. The van der Waals surface area contributed by atoms with Crippen LogP contribution in [0, 0.1) is 11.8 Å². The van der Waals surface area contributed by atoms with Gasteiger partial charge in [0.2, 0.25) is 0 Å². The van der Waals surface area contributed by atoms with Crippen molar-refractivity contribution in [2.24, 2.45) is 17.6 Å². The smallest absolute Gasteiger partial charge is 0.0113 e. The lowest BCUT2D eigenvalue weighted by molar-refractivity contribution is 0.309. The van der Waals surface area contributed by atoms with Crippen molar-refractivity contribution >= 4 is 0 Å². The zero-order valence-electron chi connectivity index (χ0n) is 14.5. The summed E-state index contributed by atoms with van der Waals surface area (Å²) in [5.74, 6) is 1.92. The number of hydrogen-bond acceptors (Lipinski definition) is 1. The molecule has 0 amide bonds. The lowest BCUT2D eigenvalue weighted by atomic mass is 9.76. The van der Waals surface area contributed by atoms with Gasteiger partial charge in [0.25, 0.3) is 0 Å². The van der Waals surface area contributed by atoms with Gasteiger partial charge >= 0.3 is 0 Å². The lowest BCUT2D eigenvalue weighted by Crippen LogP contribution is -2.34. The largest absolute Gasteiger partial charge is 0.327 e. The van der Waals surface area contributed by atoms with Crippen LogP contribution in [-0.2, 0) is 0 Å². The summed E-state index contributed by atoms with van der Waals surface area (Å²) in [4.78, 5) is 0. The molecule has 1 nitrogen and oxygen atoms in total. The minimum Gasteiger partial charge on any atom is -0.327 e. The monoisotopic (exact) mass is 289 g/mol. The maximum absolute atomic E-state index is 6.67. The first-order chi connectivity index (χ1) is 10.1. The van der Waals surface area contributed by atoms with Crippen LogP contribution in [0.15, 0.2) is 30.3 Å². The van der Waals surface area contributed by atoms with Crippen molar-refractivity contribution in [3.8, 4) is 0 Å². The van der Waals surface area contributed by atoms with E-state index < -0.39 is 0 Å². The summed E-state index contributed by atoms with van der Waals surface area (Å²) in [7, 11) is 0. The van der Waals surface area contributed by atoms with Crippen molar-refractivity contribution in [3.63, 3.8) is 0 Å². The summed E-state index contributed by atoms with van der Waals surface area (Å²) >= 11 is 0. The Labute approximate surface area is 132 Å². The van der Waals surface area contributed by atoms with E-state index in [0.29, 0.717) is 11.8 Å². The molecule has 0 aliphatic rings. The van der Waals surface area contributed by atoms with Crippen LogP contribution in [0.25, 0.3) is 0 Å². The molecule has 1 aromatic rings. The molecule has 0 bridgehead atoms. The Morgan fingerprint density at radius 1 is 1.00 bits per heavy atom. The maximum atomic E-state index is 6.67. The van der Waals surface area contributed by atoms with E-state index in [2.05, 4.69) is 58.0 Å². The lowest BCUT2D eigenvalue weighted by Gasteiger charge is -2.32. The summed E-state index contributed by atoms with van der Waals surface area (Å²) in [5.41, 5.74) is 8.10. The Morgan fingerprint density at radius 2 is 1.67 bits per heavy atom. The van der Waals surface area contributed by atoms with Crippen LogP contribution < -0.4 is 5.73 Å². The summed E-state index contributed by atoms with van der Waals surface area (Å²) in [6.45, 7) is 9.22. The van der Waals surface area contributed by atoms with E-state index in [0.717, 1.165) is 5.92 Å². The predicted octanol–water partition coefficient (Wildman–Crippen LogP) is 5.75. The fourth-order valence-corrected chi connectivity index (χ4v) is 3.44. The maximum Gasteiger partial charge on any atom is 0.0113 e. The zero-order chi connectivity index (χ0) is 15.7. The average molecular weight is 290 g/mol. The second-order valence-corrected chi connectivity index (χ2v) is 6.64. The molecule has 0 radical (unpaired) electrons. The Bertz CT molecular complexity index is 359. The van der Waals surface area contributed by atoms with Gasteiger partial charge in [-0.3, -0.25) is 0 Å². The molecule has 0 heterocycles. The summed E-state index contributed by atoms with van der Waals surface area (Å²) in [6.07, 6.45) is 7.58. The van der Waals surface area contributed by atoms with E-state index in [4.69, 9.17) is 5.73 Å². The van der Waals surface area contributed by atoms with Crippen molar-refractivity contribution in [2.75, 3.05) is 0 Å². The zero-order valence-corrected chi connectivity index (χ0v) is 14.5. The fourth-order valence-electron chi connectivity index (χ4n) is 3.44. The van der Waals surface area contributed by atoms with Gasteiger partial charge < -0.3 is 5.73 Å². The van der Waals surface area contributed by atoms with Crippen LogP contribution in [0.5, 0.6) is 0 Å². The Hall–Kier alpha value is -0.820. The molecular weight excluding hydrogens is 254 g/mol. The van der Waals surface area contributed by atoms with E-state index in [1.54, 1.807) is 0 Å². The minimum absolute atomic E-state index is 0.282. The number of benzene rings is 1. The summed E-state index contributed by atoms with van der Waals surface area (Å²) in [6, 6.07) is 11.2. The summed E-state index contributed by atoms with van der Waals surface area (Å²) < 4.78 is 0. The highest BCUT2D eigenvalue weighted by Gasteiger charge is 2.26. The molecule has 0 aliphatic heterocycles. The molecule has 1 aromatic carbocycles. The van der Waals surface area contributed by atoms with Crippen molar-refractivity contribution < 1.29 is 0 Å². The molecule has 120 valence electrons. The van der Waals surface area contributed by atoms with E-state index in [-0.39, 0.29) is 6.04 Å². The van der Waals surface area contributed by atoms with E-state index in [9.17, 15) is 0 Å². The van der Waals surface area contributed by atoms with Crippen LogP contribution in [0.1, 0.15) is 77.7 Å². The molecule has 0 fully saturated rings. The molecule has 2 N–H and O–H groups in total. The van der Waals surface area contributed by atoms with Gasteiger partial charge in [-0.25, -0.2) is 0 Å². The highest BCUT2D eigenvalue weighted by Crippen LogP contribution is 2.33. The van der Waals surface area contributed by atoms with Gasteiger partial charge in [-0.05, 0) is 23.8 Å². The molecule has 1 heteroatoms. The third-order valence-corrected chi connectivity index (χ3v) is 5.05. The van der Waals surface area contributed by atoms with Crippen molar-refractivity contribution in [1.29, 1.82) is 0 Å². The molecule has 0 aliphatic carbocycles. The molecule has 0 saturated heterocycles. The van der Waals surface area contributed by atoms with Crippen molar-refractivity contribution in [1.82, 2.24) is 0 Å². The Morgan fingerprint density at radius 3 is 2.19 bits per heavy atom. The van der Waals surface area contributed by atoms with Gasteiger partial charge in [0, 0.05) is 12.0 Å². The Kier molecular flexibility index (Phi) is 8.68.